The normalized spacial score (nSPS) is 10.6. The fourth-order valence-electron chi connectivity index (χ4n) is 2.86. The molecule has 0 heterocycles. The number of ether oxygens (including phenoxy) is 2. The van der Waals surface area contributed by atoms with Gasteiger partial charge in [0.05, 0.1) is 25.4 Å². The van der Waals surface area contributed by atoms with Crippen molar-refractivity contribution in [2.24, 2.45) is 5.10 Å². The molecule has 0 radical (unpaired) electrons. The number of rotatable bonds is 8. The summed E-state index contributed by atoms with van der Waals surface area (Å²) in [7, 11) is 1.44. The topological polar surface area (TPSA) is 106 Å². The Morgan fingerprint density at radius 1 is 0.971 bits per heavy atom. The van der Waals surface area contributed by atoms with Crippen LogP contribution in [-0.4, -0.2) is 37.7 Å². The van der Waals surface area contributed by atoms with Crippen molar-refractivity contribution in [3.05, 3.63) is 94.0 Å². The lowest BCUT2D eigenvalue weighted by atomic mass is 10.1. The lowest BCUT2D eigenvalue weighted by Gasteiger charge is -2.10. The van der Waals surface area contributed by atoms with Gasteiger partial charge in [-0.3, -0.25) is 9.59 Å². The molecule has 174 valence electrons. The average molecular weight is 480 g/mol. The number of esters is 1. The molecule has 34 heavy (non-hydrogen) atoms. The minimum atomic E-state index is -0.559. The van der Waals surface area contributed by atoms with Crippen LogP contribution in [0.2, 0.25) is 5.02 Å². The molecule has 3 rings (SSSR count). The molecule has 0 aliphatic rings. The largest absolute Gasteiger partial charge is 0.493 e. The highest BCUT2D eigenvalue weighted by Crippen LogP contribution is 2.28. The number of benzene rings is 3. The molecular formula is C25H22ClN3O5. The molecule has 8 nitrogen and oxygen atoms in total. The Morgan fingerprint density at radius 2 is 1.74 bits per heavy atom. The molecule has 0 spiro atoms. The van der Waals surface area contributed by atoms with E-state index in [2.05, 4.69) is 15.8 Å². The Balaban J connectivity index is 1.54. The third-order valence-corrected chi connectivity index (χ3v) is 4.81. The maximum Gasteiger partial charge on any atom is 0.343 e. The first-order chi connectivity index (χ1) is 16.4. The highest BCUT2D eigenvalue weighted by Gasteiger charge is 2.13. The second-order valence-electron chi connectivity index (χ2n) is 7.15. The summed E-state index contributed by atoms with van der Waals surface area (Å²) in [6.07, 6.45) is 1.40. The number of amides is 2. The molecule has 0 saturated heterocycles. The smallest absolute Gasteiger partial charge is 0.343 e. The zero-order chi connectivity index (χ0) is 24.5. The molecule has 0 unspecified atom stereocenters. The maximum absolute atomic E-state index is 12.3. The van der Waals surface area contributed by atoms with Crippen LogP contribution in [-0.2, 0) is 4.79 Å². The average Bonchev–Trinajstić information content (AvgIpc) is 2.83. The van der Waals surface area contributed by atoms with E-state index >= 15 is 0 Å². The number of nitrogens with zero attached hydrogens (tertiary/aromatic N) is 1. The number of hydrazone groups is 1. The van der Waals surface area contributed by atoms with Crippen molar-refractivity contribution in [1.82, 2.24) is 10.7 Å². The summed E-state index contributed by atoms with van der Waals surface area (Å²) in [6.45, 7) is 1.65. The summed E-state index contributed by atoms with van der Waals surface area (Å²) in [5.41, 5.74) is 4.69. The van der Waals surface area contributed by atoms with Crippen LogP contribution in [0.4, 0.5) is 0 Å². The van der Waals surface area contributed by atoms with Gasteiger partial charge < -0.3 is 14.8 Å². The maximum atomic E-state index is 12.3. The number of aryl methyl sites for hydroxylation is 1. The first-order valence-electron chi connectivity index (χ1n) is 10.2. The molecule has 0 aliphatic carbocycles. The molecule has 0 aliphatic heterocycles. The molecule has 3 aromatic carbocycles. The van der Waals surface area contributed by atoms with Gasteiger partial charge in [-0.05, 0) is 67.1 Å². The fourth-order valence-corrected chi connectivity index (χ4v) is 2.99. The molecule has 3 aromatic rings. The lowest BCUT2D eigenvalue weighted by molar-refractivity contribution is -0.120. The van der Waals surface area contributed by atoms with E-state index in [1.807, 2.05) is 13.0 Å². The van der Waals surface area contributed by atoms with Crippen molar-refractivity contribution in [2.45, 2.75) is 6.92 Å². The Kier molecular flexibility index (Phi) is 8.37. The van der Waals surface area contributed by atoms with Gasteiger partial charge in [-0.25, -0.2) is 10.2 Å². The summed E-state index contributed by atoms with van der Waals surface area (Å²) in [6, 6.07) is 18.1. The molecule has 2 N–H and O–H groups in total. The first kappa shape index (κ1) is 24.5. The van der Waals surface area contributed by atoms with Gasteiger partial charge >= 0.3 is 5.97 Å². The highest BCUT2D eigenvalue weighted by molar-refractivity contribution is 6.30. The summed E-state index contributed by atoms with van der Waals surface area (Å²) < 4.78 is 10.7. The van der Waals surface area contributed by atoms with E-state index in [-0.39, 0.29) is 18.2 Å². The van der Waals surface area contributed by atoms with Crippen LogP contribution in [0.15, 0.2) is 71.8 Å². The monoisotopic (exact) mass is 479 g/mol. The van der Waals surface area contributed by atoms with Crippen molar-refractivity contribution < 1.29 is 23.9 Å². The van der Waals surface area contributed by atoms with E-state index in [0.717, 1.165) is 5.56 Å². The Morgan fingerprint density at radius 3 is 2.44 bits per heavy atom. The summed E-state index contributed by atoms with van der Waals surface area (Å²) >= 11 is 5.84. The van der Waals surface area contributed by atoms with Crippen LogP contribution in [0, 0.1) is 6.92 Å². The quantitative estimate of drug-likeness (QED) is 0.221. The zero-order valence-electron chi connectivity index (χ0n) is 18.5. The Bertz CT molecular complexity index is 1230. The molecule has 9 heteroatoms. The second-order valence-corrected chi connectivity index (χ2v) is 7.59. The van der Waals surface area contributed by atoms with E-state index < -0.39 is 11.9 Å². The van der Waals surface area contributed by atoms with E-state index in [9.17, 15) is 14.4 Å². The summed E-state index contributed by atoms with van der Waals surface area (Å²) in [5, 5.41) is 6.92. The van der Waals surface area contributed by atoms with Crippen molar-refractivity contribution in [3.8, 4) is 11.5 Å². The lowest BCUT2D eigenvalue weighted by Crippen LogP contribution is -2.34. The minimum Gasteiger partial charge on any atom is -0.493 e. The van der Waals surface area contributed by atoms with Crippen LogP contribution in [0.3, 0.4) is 0 Å². The van der Waals surface area contributed by atoms with Gasteiger partial charge in [0.1, 0.15) is 0 Å². The molecule has 0 aromatic heterocycles. The third kappa shape index (κ3) is 6.91. The second kappa shape index (κ2) is 11.6. The van der Waals surface area contributed by atoms with E-state index in [1.54, 1.807) is 60.7 Å². The predicted octanol–water partition coefficient (Wildman–Crippen LogP) is 3.76. The van der Waals surface area contributed by atoms with Gasteiger partial charge in [-0.2, -0.15) is 5.10 Å². The molecule has 0 fully saturated rings. The van der Waals surface area contributed by atoms with Gasteiger partial charge in [0.2, 0.25) is 0 Å². The van der Waals surface area contributed by atoms with Crippen LogP contribution in [0.25, 0.3) is 0 Å². The molecule has 0 saturated carbocycles. The number of carbonyl (C=O) groups excluding carboxylic acids is 3. The van der Waals surface area contributed by atoms with Gasteiger partial charge in [0, 0.05) is 10.6 Å². The van der Waals surface area contributed by atoms with Crippen LogP contribution < -0.4 is 20.2 Å². The Labute approximate surface area is 201 Å². The highest BCUT2D eigenvalue weighted by atomic mass is 35.5. The van der Waals surface area contributed by atoms with E-state index in [1.165, 1.54) is 13.3 Å². The summed E-state index contributed by atoms with van der Waals surface area (Å²) in [4.78, 5) is 36.4. The SMILES string of the molecule is COc1cc(C=NNC(=O)CNC(=O)c2cccc(C)c2)ccc1OC(=O)c1ccc(Cl)cc1. The number of hydrogen-bond acceptors (Lipinski definition) is 6. The summed E-state index contributed by atoms with van der Waals surface area (Å²) in [5.74, 6) is -0.865. The zero-order valence-corrected chi connectivity index (χ0v) is 19.3. The van der Waals surface area contributed by atoms with Crippen LogP contribution in [0.1, 0.15) is 31.8 Å². The van der Waals surface area contributed by atoms with E-state index in [4.69, 9.17) is 21.1 Å². The molecule has 0 bridgehead atoms. The number of nitrogens with one attached hydrogen (secondary N) is 2. The van der Waals surface area contributed by atoms with Gasteiger partial charge in [-0.15, -0.1) is 0 Å². The molecule has 2 amide bonds. The van der Waals surface area contributed by atoms with Crippen molar-refractivity contribution in [1.29, 1.82) is 0 Å². The Hall–Kier alpha value is -4.17. The molecule has 0 atom stereocenters. The van der Waals surface area contributed by atoms with Crippen LogP contribution >= 0.6 is 11.6 Å². The predicted molar refractivity (Wildman–Crippen MR) is 129 cm³/mol. The molecular weight excluding hydrogens is 458 g/mol. The number of methoxy groups -OCH3 is 1. The van der Waals surface area contributed by atoms with Crippen molar-refractivity contribution >= 4 is 35.6 Å². The van der Waals surface area contributed by atoms with Gasteiger partial charge in [-0.1, -0.05) is 29.3 Å². The number of carbonyl (C=O) groups is 3. The first-order valence-corrected chi connectivity index (χ1v) is 10.6. The van der Waals surface area contributed by atoms with Gasteiger partial charge in [0.25, 0.3) is 11.8 Å². The van der Waals surface area contributed by atoms with Crippen molar-refractivity contribution in [2.75, 3.05) is 13.7 Å². The minimum absolute atomic E-state index is 0.225. The standard InChI is InChI=1S/C25H22ClN3O5/c1-16-4-3-5-19(12-16)24(31)27-15-23(30)29-28-14-17-6-11-21(22(13-17)33-2)34-25(32)18-7-9-20(26)10-8-18/h3-14H,15H2,1-2H3,(H,27,31)(H,29,30). The number of hydrogen-bond donors (Lipinski definition) is 2. The fraction of sp³-hybridized carbons (Fsp3) is 0.120. The van der Waals surface area contributed by atoms with Gasteiger partial charge in [0.15, 0.2) is 11.5 Å². The van der Waals surface area contributed by atoms with Crippen LogP contribution in [0.5, 0.6) is 11.5 Å². The third-order valence-electron chi connectivity index (χ3n) is 4.56. The van der Waals surface area contributed by atoms with E-state index in [0.29, 0.717) is 27.5 Å². The number of halogens is 1. The van der Waals surface area contributed by atoms with Crippen molar-refractivity contribution in [3.63, 3.8) is 0 Å².